The monoisotopic (exact) mass is 312 g/mol. The molecule has 1 aliphatic heterocycles. The summed E-state index contributed by atoms with van der Waals surface area (Å²) in [6.45, 7) is 1.42. The van der Waals surface area contributed by atoms with Crippen LogP contribution in [0.15, 0.2) is 30.3 Å². The SMILES string of the molecule is COc1ccc(/C=C/C(=O)N(C)Cc2nnc3n2CCC3)cc1. The van der Waals surface area contributed by atoms with Crippen molar-refractivity contribution in [2.45, 2.75) is 25.9 Å². The third-order valence-corrected chi connectivity index (χ3v) is 3.98. The lowest BCUT2D eigenvalue weighted by Gasteiger charge is -2.14. The standard InChI is InChI=1S/C17H20N4O2/c1-20(12-16-19-18-15-4-3-11-21(15)16)17(22)10-7-13-5-8-14(23-2)9-6-13/h5-10H,3-4,11-12H2,1-2H3/b10-7+. The Morgan fingerprint density at radius 1 is 1.35 bits per heavy atom. The van der Waals surface area contributed by atoms with Gasteiger partial charge in [0, 0.05) is 26.1 Å². The van der Waals surface area contributed by atoms with E-state index in [4.69, 9.17) is 4.74 Å². The predicted octanol–water partition coefficient (Wildman–Crippen LogP) is 1.90. The molecule has 2 heterocycles. The topological polar surface area (TPSA) is 60.2 Å². The Kier molecular flexibility index (Phi) is 4.41. The van der Waals surface area contributed by atoms with E-state index >= 15 is 0 Å². The van der Waals surface area contributed by atoms with Crippen molar-refractivity contribution in [1.29, 1.82) is 0 Å². The van der Waals surface area contributed by atoms with Crippen LogP contribution in [0.4, 0.5) is 0 Å². The van der Waals surface area contributed by atoms with E-state index in [0.717, 1.165) is 42.3 Å². The number of aryl methyl sites for hydroxylation is 1. The smallest absolute Gasteiger partial charge is 0.246 e. The first-order valence-corrected chi connectivity index (χ1v) is 7.65. The molecule has 6 nitrogen and oxygen atoms in total. The van der Waals surface area contributed by atoms with Crippen LogP contribution in [-0.2, 0) is 24.3 Å². The number of carbonyl (C=O) groups excluding carboxylic acids is 1. The van der Waals surface area contributed by atoms with Crippen molar-refractivity contribution >= 4 is 12.0 Å². The number of hydrogen-bond donors (Lipinski definition) is 0. The van der Waals surface area contributed by atoms with Gasteiger partial charge in [0.15, 0.2) is 5.82 Å². The average molecular weight is 312 g/mol. The Hall–Kier alpha value is -2.63. The molecule has 2 aromatic rings. The highest BCUT2D eigenvalue weighted by molar-refractivity contribution is 5.91. The number of fused-ring (bicyclic) bond motifs is 1. The molecule has 0 radical (unpaired) electrons. The molecule has 120 valence electrons. The second-order valence-corrected chi connectivity index (χ2v) is 5.59. The Morgan fingerprint density at radius 2 is 2.13 bits per heavy atom. The van der Waals surface area contributed by atoms with Crippen molar-refractivity contribution in [3.63, 3.8) is 0 Å². The van der Waals surface area contributed by atoms with Gasteiger partial charge in [-0.1, -0.05) is 12.1 Å². The molecule has 0 bridgehead atoms. The first-order valence-electron chi connectivity index (χ1n) is 7.65. The molecule has 0 atom stereocenters. The maximum atomic E-state index is 12.2. The lowest BCUT2D eigenvalue weighted by Crippen LogP contribution is -2.25. The average Bonchev–Trinajstić information content (AvgIpc) is 3.18. The quantitative estimate of drug-likeness (QED) is 0.791. The fraction of sp³-hybridized carbons (Fsp3) is 0.353. The molecule has 0 spiro atoms. The lowest BCUT2D eigenvalue weighted by atomic mass is 10.2. The van der Waals surface area contributed by atoms with Gasteiger partial charge in [0.1, 0.15) is 11.6 Å². The molecule has 1 aliphatic rings. The van der Waals surface area contributed by atoms with Crippen LogP contribution in [0.5, 0.6) is 5.75 Å². The predicted molar refractivity (Wildman–Crippen MR) is 86.8 cm³/mol. The maximum absolute atomic E-state index is 12.2. The molecule has 3 rings (SSSR count). The van der Waals surface area contributed by atoms with Crippen LogP contribution in [0, 0.1) is 0 Å². The Bertz CT molecular complexity index is 719. The minimum Gasteiger partial charge on any atom is -0.497 e. The van der Waals surface area contributed by atoms with E-state index in [1.165, 1.54) is 0 Å². The Morgan fingerprint density at radius 3 is 2.87 bits per heavy atom. The summed E-state index contributed by atoms with van der Waals surface area (Å²) >= 11 is 0. The zero-order chi connectivity index (χ0) is 16.2. The normalized spacial score (nSPS) is 13.3. The van der Waals surface area contributed by atoms with Gasteiger partial charge in [-0.2, -0.15) is 0 Å². The molecule has 0 saturated carbocycles. The Balaban J connectivity index is 1.61. The van der Waals surface area contributed by atoms with Crippen LogP contribution in [0.1, 0.15) is 23.6 Å². The second kappa shape index (κ2) is 6.64. The van der Waals surface area contributed by atoms with Gasteiger partial charge in [-0.25, -0.2) is 0 Å². The van der Waals surface area contributed by atoms with E-state index in [2.05, 4.69) is 14.8 Å². The number of rotatable bonds is 5. The second-order valence-electron chi connectivity index (χ2n) is 5.59. The van der Waals surface area contributed by atoms with Crippen LogP contribution < -0.4 is 4.74 Å². The summed E-state index contributed by atoms with van der Waals surface area (Å²) in [7, 11) is 3.40. The van der Waals surface area contributed by atoms with Crippen molar-refractivity contribution in [3.8, 4) is 5.75 Å². The first kappa shape index (κ1) is 15.3. The number of likely N-dealkylation sites (N-methyl/N-ethyl adjacent to an activating group) is 1. The van der Waals surface area contributed by atoms with Crippen molar-refractivity contribution in [2.24, 2.45) is 0 Å². The maximum Gasteiger partial charge on any atom is 0.246 e. The number of amides is 1. The number of ether oxygens (including phenoxy) is 1. The van der Waals surface area contributed by atoms with E-state index in [1.54, 1.807) is 31.2 Å². The molecule has 23 heavy (non-hydrogen) atoms. The molecule has 0 unspecified atom stereocenters. The van der Waals surface area contributed by atoms with Crippen LogP contribution in [0.2, 0.25) is 0 Å². The lowest BCUT2D eigenvalue weighted by molar-refractivity contribution is -0.125. The molecule has 1 aromatic heterocycles. The summed E-state index contributed by atoms with van der Waals surface area (Å²) in [4.78, 5) is 13.9. The molecule has 1 aromatic carbocycles. The third-order valence-electron chi connectivity index (χ3n) is 3.98. The summed E-state index contributed by atoms with van der Waals surface area (Å²) in [6.07, 6.45) is 5.45. The van der Waals surface area contributed by atoms with Crippen LogP contribution >= 0.6 is 0 Å². The van der Waals surface area contributed by atoms with Crippen molar-refractivity contribution in [3.05, 3.63) is 47.6 Å². The highest BCUT2D eigenvalue weighted by Gasteiger charge is 2.19. The molecular weight excluding hydrogens is 292 g/mol. The van der Waals surface area contributed by atoms with E-state index in [1.807, 2.05) is 24.3 Å². The van der Waals surface area contributed by atoms with Gasteiger partial charge in [-0.15, -0.1) is 10.2 Å². The van der Waals surface area contributed by atoms with Gasteiger partial charge in [0.25, 0.3) is 0 Å². The van der Waals surface area contributed by atoms with Gasteiger partial charge in [-0.05, 0) is 30.2 Å². The van der Waals surface area contributed by atoms with E-state index in [9.17, 15) is 4.79 Å². The van der Waals surface area contributed by atoms with Gasteiger partial charge >= 0.3 is 0 Å². The molecule has 0 aliphatic carbocycles. The number of carbonyl (C=O) groups is 1. The third kappa shape index (κ3) is 3.41. The summed E-state index contributed by atoms with van der Waals surface area (Å²) in [5.41, 5.74) is 0.955. The molecule has 6 heteroatoms. The van der Waals surface area contributed by atoms with Crippen molar-refractivity contribution < 1.29 is 9.53 Å². The summed E-state index contributed by atoms with van der Waals surface area (Å²) in [6, 6.07) is 7.56. The van der Waals surface area contributed by atoms with Gasteiger partial charge < -0.3 is 14.2 Å². The Labute approximate surface area is 135 Å². The molecule has 0 N–H and O–H groups in total. The fourth-order valence-corrected chi connectivity index (χ4v) is 2.63. The van der Waals surface area contributed by atoms with Crippen molar-refractivity contribution in [2.75, 3.05) is 14.2 Å². The minimum absolute atomic E-state index is 0.0591. The summed E-state index contributed by atoms with van der Waals surface area (Å²) < 4.78 is 7.22. The van der Waals surface area contributed by atoms with Gasteiger partial charge in [0.05, 0.1) is 13.7 Å². The molecular formula is C17H20N4O2. The van der Waals surface area contributed by atoms with Gasteiger partial charge in [-0.3, -0.25) is 4.79 Å². The van der Waals surface area contributed by atoms with Crippen molar-refractivity contribution in [1.82, 2.24) is 19.7 Å². The number of methoxy groups -OCH3 is 1. The fourth-order valence-electron chi connectivity index (χ4n) is 2.63. The van der Waals surface area contributed by atoms with Crippen LogP contribution in [-0.4, -0.2) is 39.7 Å². The summed E-state index contributed by atoms with van der Waals surface area (Å²) in [5, 5.41) is 8.34. The van der Waals surface area contributed by atoms with E-state index in [0.29, 0.717) is 6.54 Å². The van der Waals surface area contributed by atoms with Crippen LogP contribution in [0.3, 0.4) is 0 Å². The zero-order valence-electron chi connectivity index (χ0n) is 13.4. The van der Waals surface area contributed by atoms with Gasteiger partial charge in [0.2, 0.25) is 5.91 Å². The molecule has 1 amide bonds. The number of hydrogen-bond acceptors (Lipinski definition) is 4. The summed E-state index contributed by atoms with van der Waals surface area (Å²) in [5.74, 6) is 2.61. The van der Waals surface area contributed by atoms with E-state index < -0.39 is 0 Å². The van der Waals surface area contributed by atoms with Crippen LogP contribution in [0.25, 0.3) is 6.08 Å². The first-order chi connectivity index (χ1) is 11.2. The molecule has 0 fully saturated rings. The number of nitrogens with zero attached hydrogens (tertiary/aromatic N) is 4. The zero-order valence-corrected chi connectivity index (χ0v) is 13.4. The number of benzene rings is 1. The minimum atomic E-state index is -0.0591. The van der Waals surface area contributed by atoms with E-state index in [-0.39, 0.29) is 5.91 Å². The highest BCUT2D eigenvalue weighted by atomic mass is 16.5. The number of aromatic nitrogens is 3. The largest absolute Gasteiger partial charge is 0.497 e. The highest BCUT2D eigenvalue weighted by Crippen LogP contribution is 2.15. The molecule has 0 saturated heterocycles.